The van der Waals surface area contributed by atoms with Crippen molar-refractivity contribution in [1.82, 2.24) is 0 Å². The van der Waals surface area contributed by atoms with Crippen molar-refractivity contribution >= 4 is 23.2 Å². The van der Waals surface area contributed by atoms with Crippen LogP contribution in [0.1, 0.15) is 17.9 Å². The number of hydrogen-bond acceptors (Lipinski definition) is 0. The number of hydrogen-bond donors (Lipinski definition) is 0. The summed E-state index contributed by atoms with van der Waals surface area (Å²) in [5.74, 6) is 1.37. The summed E-state index contributed by atoms with van der Waals surface area (Å²) in [6.07, 6.45) is 1.08. The molecule has 0 aliphatic heterocycles. The first-order valence-corrected chi connectivity index (χ1v) is 5.14. The SMILES string of the molecule is Fc1ccc(C2CC2CCl)c(Cl)c1. The molecule has 2 unspecified atom stereocenters. The Kier molecular flexibility index (Phi) is 2.48. The minimum Gasteiger partial charge on any atom is -0.207 e. The number of halogens is 3. The van der Waals surface area contributed by atoms with E-state index < -0.39 is 0 Å². The highest BCUT2D eigenvalue weighted by Gasteiger charge is 2.38. The van der Waals surface area contributed by atoms with Crippen LogP contribution in [0.25, 0.3) is 0 Å². The molecule has 1 aromatic carbocycles. The summed E-state index contributed by atoms with van der Waals surface area (Å²) in [5, 5.41) is 0.526. The maximum Gasteiger partial charge on any atom is 0.124 e. The molecule has 0 nitrogen and oxygen atoms in total. The molecule has 0 spiro atoms. The van der Waals surface area contributed by atoms with Crippen LogP contribution >= 0.6 is 23.2 Å². The topological polar surface area (TPSA) is 0 Å². The van der Waals surface area contributed by atoms with E-state index in [0.29, 0.717) is 22.7 Å². The number of alkyl halides is 1. The molecular weight excluding hydrogens is 210 g/mol. The monoisotopic (exact) mass is 218 g/mol. The van der Waals surface area contributed by atoms with E-state index in [1.807, 2.05) is 0 Å². The first-order chi connectivity index (χ1) is 6.22. The van der Waals surface area contributed by atoms with Crippen molar-refractivity contribution < 1.29 is 4.39 Å². The highest BCUT2D eigenvalue weighted by molar-refractivity contribution is 6.31. The van der Waals surface area contributed by atoms with E-state index in [1.54, 1.807) is 6.07 Å². The summed E-state index contributed by atoms with van der Waals surface area (Å²) < 4.78 is 12.7. The molecule has 0 N–H and O–H groups in total. The molecule has 13 heavy (non-hydrogen) atoms. The van der Waals surface area contributed by atoms with E-state index in [2.05, 4.69) is 0 Å². The van der Waals surface area contributed by atoms with Gasteiger partial charge in [-0.25, -0.2) is 4.39 Å². The fourth-order valence-electron chi connectivity index (χ4n) is 1.60. The number of rotatable bonds is 2. The van der Waals surface area contributed by atoms with Gasteiger partial charge in [-0.15, -0.1) is 11.6 Å². The van der Waals surface area contributed by atoms with Gasteiger partial charge in [0.25, 0.3) is 0 Å². The summed E-state index contributed by atoms with van der Waals surface area (Å²) in [6, 6.07) is 4.57. The van der Waals surface area contributed by atoms with E-state index in [9.17, 15) is 4.39 Å². The Labute approximate surface area is 86.7 Å². The third kappa shape index (κ3) is 1.82. The minimum absolute atomic E-state index is 0.281. The van der Waals surface area contributed by atoms with E-state index in [4.69, 9.17) is 23.2 Å². The summed E-state index contributed by atoms with van der Waals surface area (Å²) in [7, 11) is 0. The van der Waals surface area contributed by atoms with Gasteiger partial charge in [-0.05, 0) is 36.0 Å². The molecule has 1 aliphatic carbocycles. The Hall–Kier alpha value is -0.270. The van der Waals surface area contributed by atoms with Gasteiger partial charge in [0.15, 0.2) is 0 Å². The lowest BCUT2D eigenvalue weighted by molar-refractivity contribution is 0.627. The van der Waals surface area contributed by atoms with Crippen molar-refractivity contribution in [3.63, 3.8) is 0 Å². The molecule has 1 aliphatic rings. The molecule has 2 rings (SSSR count). The summed E-state index contributed by atoms with van der Waals surface area (Å²) in [6.45, 7) is 0. The molecule has 0 radical (unpaired) electrons. The first kappa shape index (κ1) is 9.29. The predicted molar refractivity (Wildman–Crippen MR) is 53.0 cm³/mol. The van der Waals surface area contributed by atoms with E-state index >= 15 is 0 Å². The van der Waals surface area contributed by atoms with Crippen LogP contribution in [0, 0.1) is 11.7 Å². The quantitative estimate of drug-likeness (QED) is 0.663. The summed E-state index contributed by atoms with van der Waals surface area (Å²) >= 11 is 11.6. The van der Waals surface area contributed by atoms with Crippen LogP contribution < -0.4 is 0 Å². The second-order valence-corrected chi connectivity index (χ2v) is 4.14. The smallest absolute Gasteiger partial charge is 0.124 e. The largest absolute Gasteiger partial charge is 0.207 e. The van der Waals surface area contributed by atoms with Crippen molar-refractivity contribution in [3.05, 3.63) is 34.6 Å². The van der Waals surface area contributed by atoms with Gasteiger partial charge in [0.2, 0.25) is 0 Å². The van der Waals surface area contributed by atoms with Crippen LogP contribution in [0.5, 0.6) is 0 Å². The normalized spacial score (nSPS) is 26.1. The molecule has 0 aromatic heterocycles. The highest BCUT2D eigenvalue weighted by Crippen LogP contribution is 2.50. The Morgan fingerprint density at radius 2 is 2.23 bits per heavy atom. The Balaban J connectivity index is 2.22. The zero-order valence-electron chi connectivity index (χ0n) is 6.93. The molecule has 0 saturated heterocycles. The zero-order valence-corrected chi connectivity index (χ0v) is 8.45. The van der Waals surface area contributed by atoms with Crippen molar-refractivity contribution in [2.24, 2.45) is 5.92 Å². The van der Waals surface area contributed by atoms with Crippen molar-refractivity contribution in [2.45, 2.75) is 12.3 Å². The van der Waals surface area contributed by atoms with Crippen LogP contribution in [0.15, 0.2) is 18.2 Å². The molecule has 3 heteroatoms. The standard InChI is InChI=1S/C10H9Cl2F/c11-5-6-3-9(6)8-2-1-7(13)4-10(8)12/h1-2,4,6,9H,3,5H2. The van der Waals surface area contributed by atoms with Crippen LogP contribution in [-0.4, -0.2) is 5.88 Å². The molecule has 0 amide bonds. The van der Waals surface area contributed by atoms with Gasteiger partial charge in [-0.3, -0.25) is 0 Å². The molecule has 70 valence electrons. The fourth-order valence-corrected chi connectivity index (χ4v) is 2.25. The first-order valence-electron chi connectivity index (χ1n) is 4.23. The molecule has 1 aromatic rings. The Morgan fingerprint density at radius 1 is 1.46 bits per heavy atom. The second kappa shape index (κ2) is 3.47. The van der Waals surface area contributed by atoms with Crippen LogP contribution in [0.2, 0.25) is 5.02 Å². The Morgan fingerprint density at radius 3 is 2.77 bits per heavy atom. The van der Waals surface area contributed by atoms with E-state index in [0.717, 1.165) is 12.0 Å². The maximum atomic E-state index is 12.7. The van der Waals surface area contributed by atoms with Crippen LogP contribution in [0.4, 0.5) is 4.39 Å². The maximum absolute atomic E-state index is 12.7. The number of benzene rings is 1. The summed E-state index contributed by atoms with van der Waals surface area (Å²) in [5.41, 5.74) is 1.04. The van der Waals surface area contributed by atoms with Crippen molar-refractivity contribution in [3.8, 4) is 0 Å². The highest BCUT2D eigenvalue weighted by atomic mass is 35.5. The fraction of sp³-hybridized carbons (Fsp3) is 0.400. The minimum atomic E-state index is -0.281. The molecule has 1 saturated carbocycles. The van der Waals surface area contributed by atoms with Gasteiger partial charge in [-0.2, -0.15) is 0 Å². The lowest BCUT2D eigenvalue weighted by atomic mass is 10.1. The Bertz CT molecular complexity index is 325. The third-order valence-electron chi connectivity index (χ3n) is 2.48. The third-order valence-corrected chi connectivity index (χ3v) is 3.21. The van der Waals surface area contributed by atoms with Gasteiger partial charge in [0.1, 0.15) is 5.82 Å². The zero-order chi connectivity index (χ0) is 9.42. The van der Waals surface area contributed by atoms with Crippen LogP contribution in [0.3, 0.4) is 0 Å². The van der Waals surface area contributed by atoms with Gasteiger partial charge >= 0.3 is 0 Å². The second-order valence-electron chi connectivity index (χ2n) is 3.42. The van der Waals surface area contributed by atoms with Crippen molar-refractivity contribution in [1.29, 1.82) is 0 Å². The molecular formula is C10H9Cl2F. The van der Waals surface area contributed by atoms with Gasteiger partial charge in [0.05, 0.1) is 0 Å². The average Bonchev–Trinajstić information content (AvgIpc) is 2.83. The van der Waals surface area contributed by atoms with Gasteiger partial charge in [-0.1, -0.05) is 17.7 Å². The predicted octanol–water partition coefficient (Wildman–Crippen LogP) is 3.82. The van der Waals surface area contributed by atoms with Crippen molar-refractivity contribution in [2.75, 3.05) is 5.88 Å². The molecule has 0 bridgehead atoms. The molecule has 2 atom stereocenters. The van der Waals surface area contributed by atoms with Gasteiger partial charge in [0, 0.05) is 10.9 Å². The average molecular weight is 219 g/mol. The molecule has 0 heterocycles. The lowest BCUT2D eigenvalue weighted by Gasteiger charge is -2.01. The van der Waals surface area contributed by atoms with E-state index in [-0.39, 0.29) is 5.82 Å². The van der Waals surface area contributed by atoms with E-state index in [1.165, 1.54) is 12.1 Å². The lowest BCUT2D eigenvalue weighted by Crippen LogP contribution is -1.87. The molecule has 1 fully saturated rings. The summed E-state index contributed by atoms with van der Waals surface area (Å²) in [4.78, 5) is 0. The van der Waals surface area contributed by atoms with Crippen LogP contribution in [-0.2, 0) is 0 Å². The van der Waals surface area contributed by atoms with Gasteiger partial charge < -0.3 is 0 Å².